The van der Waals surface area contributed by atoms with Crippen LogP contribution in [0.15, 0.2) is 78.9 Å². The van der Waals surface area contributed by atoms with Crippen molar-refractivity contribution in [1.82, 2.24) is 9.97 Å². The number of para-hydroxylation sites is 2. The average molecular weight is 493 g/mol. The van der Waals surface area contributed by atoms with Gasteiger partial charge in [-0.25, -0.2) is 9.97 Å². The molecule has 1 N–H and O–H groups in total. The average Bonchev–Trinajstić information content (AvgIpc) is 2.93. The quantitative estimate of drug-likeness (QED) is 0.420. The summed E-state index contributed by atoms with van der Waals surface area (Å²) in [6, 6.07) is 24.9. The normalized spacial score (nSPS) is 17.3. The highest BCUT2D eigenvalue weighted by Crippen LogP contribution is 2.36. The predicted octanol–water partition coefficient (Wildman–Crippen LogP) is 5.19. The number of rotatable bonds is 4. The predicted molar refractivity (Wildman–Crippen MR) is 143 cm³/mol. The van der Waals surface area contributed by atoms with Crippen LogP contribution in [0.5, 0.6) is 11.5 Å². The zero-order valence-electron chi connectivity index (χ0n) is 20.7. The Bertz CT molecular complexity index is 1460. The minimum absolute atomic E-state index is 0.120. The monoisotopic (exact) mass is 492 g/mol. The van der Waals surface area contributed by atoms with Gasteiger partial charge in [-0.05, 0) is 48.9 Å². The van der Waals surface area contributed by atoms with Crippen LogP contribution in [0.1, 0.15) is 34.1 Å². The number of piperazine rings is 1. The van der Waals surface area contributed by atoms with Crippen LogP contribution in [0.2, 0.25) is 0 Å². The maximum Gasteiger partial charge on any atom is 0.170 e. The number of benzene rings is 3. The molecule has 3 aromatic carbocycles. The molecule has 0 amide bonds. The Kier molecular flexibility index (Phi) is 5.96. The molecule has 186 valence electrons. The third-order valence-electron chi connectivity index (χ3n) is 7.02. The van der Waals surface area contributed by atoms with Gasteiger partial charge >= 0.3 is 0 Å². The lowest BCUT2D eigenvalue weighted by Crippen LogP contribution is -2.47. The van der Waals surface area contributed by atoms with E-state index < -0.39 is 0 Å². The summed E-state index contributed by atoms with van der Waals surface area (Å²) < 4.78 is 6.19. The lowest BCUT2D eigenvalue weighted by atomic mass is 9.96. The molecular weight excluding hydrogens is 464 g/mol. The van der Waals surface area contributed by atoms with Crippen molar-refractivity contribution in [3.05, 3.63) is 95.7 Å². The topological polar surface area (TPSA) is 78.8 Å². The van der Waals surface area contributed by atoms with E-state index in [0.29, 0.717) is 29.1 Å². The molecule has 1 unspecified atom stereocenters. The van der Waals surface area contributed by atoms with Crippen LogP contribution >= 0.6 is 0 Å². The molecule has 4 aromatic rings. The number of Topliss-reactive ketones (excluding diaryl/α,β-unsaturated/α-hetero) is 1. The summed E-state index contributed by atoms with van der Waals surface area (Å²) in [6.45, 7) is 5.25. The number of phenols is 1. The number of ketones is 1. The van der Waals surface area contributed by atoms with Crippen LogP contribution < -0.4 is 14.5 Å². The van der Waals surface area contributed by atoms with Gasteiger partial charge in [-0.1, -0.05) is 36.4 Å². The lowest BCUT2D eigenvalue weighted by Gasteiger charge is -2.37. The Morgan fingerprint density at radius 1 is 0.838 bits per heavy atom. The molecule has 2 aliphatic rings. The number of nitrogens with zero attached hydrogens (tertiary/aromatic N) is 4. The molecule has 6 rings (SSSR count). The summed E-state index contributed by atoms with van der Waals surface area (Å²) in [5.41, 5.74) is 4.30. The summed E-state index contributed by atoms with van der Waals surface area (Å²) >= 11 is 0. The molecular formula is C30H28N4O3. The fraction of sp³-hybridized carbons (Fsp3) is 0.233. The third kappa shape index (κ3) is 4.60. The van der Waals surface area contributed by atoms with Gasteiger partial charge in [0.25, 0.3) is 0 Å². The molecule has 1 aromatic heterocycles. The number of ether oxygens (including phenoxy) is 1. The first-order chi connectivity index (χ1) is 18.0. The second-order valence-electron chi connectivity index (χ2n) is 9.51. The Morgan fingerprint density at radius 2 is 1.57 bits per heavy atom. The minimum atomic E-state index is -0.277. The van der Waals surface area contributed by atoms with Gasteiger partial charge in [0, 0.05) is 43.6 Å². The maximum absolute atomic E-state index is 12.7. The standard InChI is InChI=1S/C30H28N4O3/c1-20-17-29(32-30(31-20)24-10-2-4-11-25(24)35)34-15-13-33(14-16-34)22-8-6-7-21(18-22)28-19-26(36)23-9-3-5-12-27(23)37-28/h2-12,17-18,28,35H,13-16,19H2,1H3. The van der Waals surface area contributed by atoms with Crippen LogP contribution in [0, 0.1) is 6.92 Å². The lowest BCUT2D eigenvalue weighted by molar-refractivity contribution is 0.0850. The fourth-order valence-corrected chi connectivity index (χ4v) is 5.07. The highest BCUT2D eigenvalue weighted by molar-refractivity contribution is 6.00. The maximum atomic E-state index is 12.7. The van der Waals surface area contributed by atoms with Gasteiger partial charge in [0.1, 0.15) is 23.4 Å². The van der Waals surface area contributed by atoms with Gasteiger partial charge in [-0.2, -0.15) is 0 Å². The van der Waals surface area contributed by atoms with Crippen LogP contribution in [-0.2, 0) is 0 Å². The van der Waals surface area contributed by atoms with Crippen LogP contribution in [-0.4, -0.2) is 47.0 Å². The highest BCUT2D eigenvalue weighted by atomic mass is 16.5. The highest BCUT2D eigenvalue weighted by Gasteiger charge is 2.28. The van der Waals surface area contributed by atoms with Crippen molar-refractivity contribution >= 4 is 17.3 Å². The summed E-state index contributed by atoms with van der Waals surface area (Å²) in [6.07, 6.45) is 0.0705. The Morgan fingerprint density at radius 3 is 2.38 bits per heavy atom. The Balaban J connectivity index is 1.17. The SMILES string of the molecule is Cc1cc(N2CCN(c3cccc(C4CC(=O)c5ccccc5O4)c3)CC2)nc(-c2ccccc2O)n1. The number of carbonyl (C=O) groups is 1. The van der Waals surface area contributed by atoms with Gasteiger partial charge in [0.15, 0.2) is 11.6 Å². The van der Waals surface area contributed by atoms with Crippen molar-refractivity contribution < 1.29 is 14.6 Å². The molecule has 1 atom stereocenters. The fourth-order valence-electron chi connectivity index (χ4n) is 5.07. The van der Waals surface area contributed by atoms with Crippen LogP contribution in [0.4, 0.5) is 11.5 Å². The number of carbonyl (C=O) groups excluding carboxylic acids is 1. The van der Waals surface area contributed by atoms with Gasteiger partial charge < -0.3 is 19.6 Å². The van der Waals surface area contributed by atoms with E-state index in [1.54, 1.807) is 12.1 Å². The largest absolute Gasteiger partial charge is 0.507 e. The molecule has 1 saturated heterocycles. The van der Waals surface area contributed by atoms with Crippen LogP contribution in [0.25, 0.3) is 11.4 Å². The van der Waals surface area contributed by atoms with Crippen LogP contribution in [0.3, 0.4) is 0 Å². The number of aryl methyl sites for hydroxylation is 1. The number of fused-ring (bicyclic) bond motifs is 1. The van der Waals surface area contributed by atoms with E-state index >= 15 is 0 Å². The molecule has 7 heteroatoms. The first-order valence-corrected chi connectivity index (χ1v) is 12.6. The summed E-state index contributed by atoms with van der Waals surface area (Å²) in [7, 11) is 0. The second-order valence-corrected chi connectivity index (χ2v) is 9.51. The van der Waals surface area contributed by atoms with Crippen molar-refractivity contribution in [2.24, 2.45) is 0 Å². The Hall–Kier alpha value is -4.39. The summed E-state index contributed by atoms with van der Waals surface area (Å²) in [5.74, 6) is 2.36. The zero-order chi connectivity index (χ0) is 25.4. The minimum Gasteiger partial charge on any atom is -0.507 e. The van der Waals surface area contributed by atoms with Crippen molar-refractivity contribution in [2.75, 3.05) is 36.0 Å². The third-order valence-corrected chi connectivity index (χ3v) is 7.02. The number of anilines is 2. The van der Waals surface area contributed by atoms with E-state index in [1.807, 2.05) is 61.5 Å². The molecule has 37 heavy (non-hydrogen) atoms. The van der Waals surface area contributed by atoms with E-state index in [1.165, 1.54) is 0 Å². The van der Waals surface area contributed by atoms with Gasteiger partial charge in [0.2, 0.25) is 0 Å². The van der Waals surface area contributed by atoms with E-state index in [0.717, 1.165) is 48.9 Å². The van der Waals surface area contributed by atoms with E-state index in [2.05, 4.69) is 26.9 Å². The van der Waals surface area contributed by atoms with E-state index in [9.17, 15) is 9.90 Å². The molecule has 1 fully saturated rings. The molecule has 0 saturated carbocycles. The van der Waals surface area contributed by atoms with E-state index in [-0.39, 0.29) is 17.6 Å². The molecule has 0 bridgehead atoms. The summed E-state index contributed by atoms with van der Waals surface area (Å²) in [4.78, 5) is 26.6. The van der Waals surface area contributed by atoms with Gasteiger partial charge in [0.05, 0.1) is 17.5 Å². The number of hydrogen-bond donors (Lipinski definition) is 1. The number of phenolic OH excluding ortho intramolecular Hbond substituents is 1. The molecule has 0 spiro atoms. The number of aromatic hydroxyl groups is 1. The molecule has 0 radical (unpaired) electrons. The molecule has 0 aliphatic carbocycles. The first kappa shape index (κ1) is 23.0. The molecule has 7 nitrogen and oxygen atoms in total. The molecule has 3 heterocycles. The first-order valence-electron chi connectivity index (χ1n) is 12.6. The van der Waals surface area contributed by atoms with Crippen molar-refractivity contribution in [2.45, 2.75) is 19.4 Å². The number of hydrogen-bond acceptors (Lipinski definition) is 7. The second kappa shape index (κ2) is 9.58. The molecule has 2 aliphatic heterocycles. The summed E-state index contributed by atoms with van der Waals surface area (Å²) in [5, 5.41) is 10.3. The smallest absolute Gasteiger partial charge is 0.170 e. The zero-order valence-corrected chi connectivity index (χ0v) is 20.7. The van der Waals surface area contributed by atoms with Crippen molar-refractivity contribution in [3.63, 3.8) is 0 Å². The van der Waals surface area contributed by atoms with E-state index in [4.69, 9.17) is 9.72 Å². The number of aromatic nitrogens is 2. The Labute approximate surface area is 216 Å². The van der Waals surface area contributed by atoms with Gasteiger partial charge in [-0.3, -0.25) is 4.79 Å². The van der Waals surface area contributed by atoms with Crippen molar-refractivity contribution in [1.29, 1.82) is 0 Å². The van der Waals surface area contributed by atoms with Crippen molar-refractivity contribution in [3.8, 4) is 22.9 Å². The van der Waals surface area contributed by atoms with Gasteiger partial charge in [-0.15, -0.1) is 0 Å².